The fourth-order valence-corrected chi connectivity index (χ4v) is 4.73. The number of hydrogen-bond donors (Lipinski definition) is 0. The SMILES string of the molecule is CCCCn1c(S[C@H](C)C(=O)c2ccc3c(c2)CCN3C(C)=O)nc(C)c1C. The van der Waals surface area contributed by atoms with Crippen LogP contribution in [-0.2, 0) is 17.8 Å². The maximum absolute atomic E-state index is 13.0. The van der Waals surface area contributed by atoms with Gasteiger partial charge in [0, 0.05) is 37.0 Å². The maximum atomic E-state index is 13.0. The Morgan fingerprint density at radius 3 is 2.71 bits per heavy atom. The number of ketones is 1. The van der Waals surface area contributed by atoms with Crippen molar-refractivity contribution in [2.24, 2.45) is 0 Å². The minimum absolute atomic E-state index is 0.0476. The largest absolute Gasteiger partial charge is 0.323 e. The summed E-state index contributed by atoms with van der Waals surface area (Å²) in [5.41, 5.74) is 4.93. The number of nitrogens with zero attached hydrogens (tertiary/aromatic N) is 3. The van der Waals surface area contributed by atoms with Crippen molar-refractivity contribution in [2.75, 3.05) is 11.4 Å². The number of carbonyl (C=O) groups excluding carboxylic acids is 2. The molecule has 150 valence electrons. The van der Waals surface area contributed by atoms with Gasteiger partial charge in [0.05, 0.1) is 10.9 Å². The van der Waals surface area contributed by atoms with Crippen LogP contribution in [-0.4, -0.2) is 33.0 Å². The van der Waals surface area contributed by atoms with E-state index in [-0.39, 0.29) is 16.9 Å². The molecular weight excluding hydrogens is 370 g/mol. The van der Waals surface area contributed by atoms with Crippen LogP contribution in [0.2, 0.25) is 0 Å². The molecule has 1 atom stereocenters. The monoisotopic (exact) mass is 399 g/mol. The van der Waals surface area contributed by atoms with Crippen LogP contribution in [0, 0.1) is 13.8 Å². The number of rotatable bonds is 7. The van der Waals surface area contributed by atoms with Crippen molar-refractivity contribution in [1.29, 1.82) is 0 Å². The molecule has 0 bridgehead atoms. The second-order valence-corrected chi connectivity index (χ2v) is 8.77. The second-order valence-electron chi connectivity index (χ2n) is 7.46. The fraction of sp³-hybridized carbons (Fsp3) is 0.500. The van der Waals surface area contributed by atoms with Gasteiger partial charge in [-0.15, -0.1) is 0 Å². The molecule has 1 aliphatic heterocycles. The number of carbonyl (C=O) groups is 2. The van der Waals surface area contributed by atoms with Crippen LogP contribution >= 0.6 is 11.8 Å². The first-order chi connectivity index (χ1) is 13.3. The summed E-state index contributed by atoms with van der Waals surface area (Å²) in [4.78, 5) is 31.2. The number of thioether (sulfide) groups is 1. The van der Waals surface area contributed by atoms with Crippen LogP contribution in [0.4, 0.5) is 5.69 Å². The zero-order valence-electron chi connectivity index (χ0n) is 17.4. The van der Waals surface area contributed by atoms with E-state index in [0.29, 0.717) is 12.1 Å². The first kappa shape index (κ1) is 20.6. The van der Waals surface area contributed by atoms with Gasteiger partial charge in [-0.2, -0.15) is 0 Å². The van der Waals surface area contributed by atoms with Gasteiger partial charge in [-0.1, -0.05) is 25.1 Å². The van der Waals surface area contributed by atoms with Gasteiger partial charge < -0.3 is 9.47 Å². The van der Waals surface area contributed by atoms with Crippen LogP contribution in [0.15, 0.2) is 23.4 Å². The molecule has 1 aromatic carbocycles. The molecule has 2 aromatic rings. The molecule has 0 fully saturated rings. The Hall–Kier alpha value is -2.08. The van der Waals surface area contributed by atoms with Crippen molar-refractivity contribution < 1.29 is 9.59 Å². The molecule has 0 spiro atoms. The number of unbranched alkanes of at least 4 members (excludes halogenated alkanes) is 1. The molecule has 0 saturated carbocycles. The van der Waals surface area contributed by atoms with Crippen molar-refractivity contribution in [3.05, 3.63) is 40.7 Å². The number of hydrogen-bond acceptors (Lipinski definition) is 4. The molecule has 0 unspecified atom stereocenters. The molecular formula is C22H29N3O2S. The van der Waals surface area contributed by atoms with Crippen LogP contribution in [0.1, 0.15) is 60.9 Å². The van der Waals surface area contributed by atoms with E-state index in [2.05, 4.69) is 18.4 Å². The number of benzene rings is 1. The average Bonchev–Trinajstić information content (AvgIpc) is 3.20. The molecule has 5 nitrogen and oxygen atoms in total. The Morgan fingerprint density at radius 2 is 2.04 bits per heavy atom. The summed E-state index contributed by atoms with van der Waals surface area (Å²) in [5.74, 6) is 0.154. The van der Waals surface area contributed by atoms with Crippen molar-refractivity contribution in [2.45, 2.75) is 70.8 Å². The van der Waals surface area contributed by atoms with Gasteiger partial charge >= 0.3 is 0 Å². The Morgan fingerprint density at radius 1 is 1.29 bits per heavy atom. The van der Waals surface area contributed by atoms with Gasteiger partial charge in [-0.25, -0.2) is 4.98 Å². The lowest BCUT2D eigenvalue weighted by Gasteiger charge is -2.16. The summed E-state index contributed by atoms with van der Waals surface area (Å²) in [5, 5.41) is 0.707. The Labute approximate surface area is 171 Å². The molecule has 1 aromatic heterocycles. The number of aryl methyl sites for hydroxylation is 1. The molecule has 1 aliphatic rings. The number of Topliss-reactive ketones (excluding diaryl/α,β-unsaturated/α-hetero) is 1. The highest BCUT2D eigenvalue weighted by atomic mass is 32.2. The third kappa shape index (κ3) is 4.02. The van der Waals surface area contributed by atoms with E-state index in [0.717, 1.165) is 47.9 Å². The van der Waals surface area contributed by atoms with Crippen molar-refractivity contribution >= 4 is 29.1 Å². The van der Waals surface area contributed by atoms with Gasteiger partial charge in [-0.05, 0) is 57.4 Å². The van der Waals surface area contributed by atoms with E-state index < -0.39 is 0 Å². The molecule has 6 heteroatoms. The lowest BCUT2D eigenvalue weighted by Crippen LogP contribution is -2.25. The Bertz CT molecular complexity index is 903. The van der Waals surface area contributed by atoms with E-state index in [1.54, 1.807) is 11.8 Å². The van der Waals surface area contributed by atoms with Crippen LogP contribution < -0.4 is 4.90 Å². The lowest BCUT2D eigenvalue weighted by molar-refractivity contribution is -0.116. The smallest absolute Gasteiger partial charge is 0.223 e. The van der Waals surface area contributed by atoms with Gasteiger partial charge in [0.1, 0.15) is 0 Å². The summed E-state index contributed by atoms with van der Waals surface area (Å²) in [6, 6.07) is 5.71. The predicted octanol–water partition coefficient (Wildman–Crippen LogP) is 4.57. The number of fused-ring (bicyclic) bond motifs is 1. The maximum Gasteiger partial charge on any atom is 0.223 e. The quantitative estimate of drug-likeness (QED) is 0.505. The topological polar surface area (TPSA) is 55.2 Å². The second kappa shape index (κ2) is 8.52. The van der Waals surface area contributed by atoms with Gasteiger partial charge in [-0.3, -0.25) is 9.59 Å². The highest BCUT2D eigenvalue weighted by Gasteiger charge is 2.25. The van der Waals surface area contributed by atoms with Gasteiger partial charge in [0.25, 0.3) is 0 Å². The highest BCUT2D eigenvalue weighted by molar-refractivity contribution is 8.00. The van der Waals surface area contributed by atoms with E-state index in [9.17, 15) is 9.59 Å². The molecule has 3 rings (SSSR count). The minimum atomic E-state index is -0.218. The standard InChI is InChI=1S/C22H29N3O2S/c1-6-7-11-24-15(3)14(2)23-22(24)28-16(4)21(27)19-8-9-20-18(13-19)10-12-25(20)17(5)26/h8-9,13,16H,6-7,10-12H2,1-5H3/t16-/m1/s1. The molecule has 28 heavy (non-hydrogen) atoms. The fourth-order valence-electron chi connectivity index (χ4n) is 3.62. The van der Waals surface area contributed by atoms with Gasteiger partial charge in [0.15, 0.2) is 10.9 Å². The molecule has 0 N–H and O–H groups in total. The molecule has 0 saturated heterocycles. The van der Waals surface area contributed by atoms with E-state index in [4.69, 9.17) is 4.98 Å². The first-order valence-electron chi connectivity index (χ1n) is 9.99. The lowest BCUT2D eigenvalue weighted by atomic mass is 10.0. The summed E-state index contributed by atoms with van der Waals surface area (Å²) < 4.78 is 2.24. The third-order valence-corrected chi connectivity index (χ3v) is 6.54. The number of imidazole rings is 1. The zero-order valence-corrected chi connectivity index (χ0v) is 18.2. The summed E-state index contributed by atoms with van der Waals surface area (Å²) in [7, 11) is 0. The Balaban J connectivity index is 1.77. The minimum Gasteiger partial charge on any atom is -0.323 e. The van der Waals surface area contributed by atoms with Crippen LogP contribution in [0.25, 0.3) is 0 Å². The van der Waals surface area contributed by atoms with Crippen molar-refractivity contribution in [3.63, 3.8) is 0 Å². The summed E-state index contributed by atoms with van der Waals surface area (Å²) >= 11 is 1.54. The summed E-state index contributed by atoms with van der Waals surface area (Å²) in [6.07, 6.45) is 3.03. The number of anilines is 1. The van der Waals surface area contributed by atoms with E-state index >= 15 is 0 Å². The van der Waals surface area contributed by atoms with E-state index in [1.807, 2.05) is 32.0 Å². The molecule has 1 amide bonds. The number of amides is 1. The third-order valence-electron chi connectivity index (χ3n) is 5.45. The molecule has 0 aliphatic carbocycles. The highest BCUT2D eigenvalue weighted by Crippen LogP contribution is 2.32. The van der Waals surface area contributed by atoms with Crippen molar-refractivity contribution in [3.8, 4) is 0 Å². The van der Waals surface area contributed by atoms with E-state index in [1.165, 1.54) is 17.5 Å². The Kier molecular flexibility index (Phi) is 6.28. The molecule has 0 radical (unpaired) electrons. The van der Waals surface area contributed by atoms with Crippen LogP contribution in [0.5, 0.6) is 0 Å². The first-order valence-corrected chi connectivity index (χ1v) is 10.9. The normalized spacial score (nSPS) is 14.2. The average molecular weight is 400 g/mol. The summed E-state index contributed by atoms with van der Waals surface area (Å²) in [6.45, 7) is 11.5. The predicted molar refractivity (Wildman–Crippen MR) is 114 cm³/mol. The van der Waals surface area contributed by atoms with Gasteiger partial charge in [0.2, 0.25) is 5.91 Å². The molecule has 2 heterocycles. The number of aromatic nitrogens is 2. The van der Waals surface area contributed by atoms with Crippen molar-refractivity contribution in [1.82, 2.24) is 9.55 Å². The van der Waals surface area contributed by atoms with Crippen LogP contribution in [0.3, 0.4) is 0 Å². The zero-order chi connectivity index (χ0) is 20.4.